The van der Waals surface area contributed by atoms with E-state index in [4.69, 9.17) is 4.74 Å². The van der Waals surface area contributed by atoms with E-state index in [1.54, 1.807) is 0 Å². The topological polar surface area (TPSA) is 29.5 Å². The molecule has 0 aromatic rings. The molecule has 100 valence electrons. The molecule has 3 nitrogen and oxygen atoms in total. The Kier molecular flexibility index (Phi) is 5.44. The number of carbonyl (C=O) groups excluding carboxylic acids is 1. The fourth-order valence-corrected chi connectivity index (χ4v) is 2.20. The Balaban J connectivity index is 2.36. The molecule has 17 heavy (non-hydrogen) atoms. The maximum atomic E-state index is 11.7. The summed E-state index contributed by atoms with van der Waals surface area (Å²) in [6.45, 7) is 12.3. The van der Waals surface area contributed by atoms with E-state index in [0.29, 0.717) is 12.0 Å². The van der Waals surface area contributed by atoms with Crippen molar-refractivity contribution in [3.05, 3.63) is 0 Å². The van der Waals surface area contributed by atoms with Crippen LogP contribution in [0, 0.1) is 11.3 Å². The van der Waals surface area contributed by atoms with Crippen molar-refractivity contribution in [2.45, 2.75) is 47.0 Å². The van der Waals surface area contributed by atoms with Crippen molar-refractivity contribution in [3.8, 4) is 0 Å². The van der Waals surface area contributed by atoms with Crippen LogP contribution in [0.1, 0.15) is 47.0 Å². The van der Waals surface area contributed by atoms with Crippen LogP contribution in [0.15, 0.2) is 0 Å². The maximum Gasteiger partial charge on any atom is 0.310 e. The third-order valence-electron chi connectivity index (χ3n) is 3.30. The minimum absolute atomic E-state index is 0.00652. The van der Waals surface area contributed by atoms with Gasteiger partial charge in [0.05, 0.1) is 12.5 Å². The highest BCUT2D eigenvalue weighted by molar-refractivity contribution is 5.72. The van der Waals surface area contributed by atoms with Crippen LogP contribution in [0.25, 0.3) is 0 Å². The number of ether oxygens (including phenoxy) is 1. The predicted molar refractivity (Wildman–Crippen MR) is 69.9 cm³/mol. The molecule has 0 aromatic carbocycles. The van der Waals surface area contributed by atoms with Gasteiger partial charge in [0.15, 0.2) is 0 Å². The Hall–Kier alpha value is -0.570. The Morgan fingerprint density at radius 2 is 2.12 bits per heavy atom. The van der Waals surface area contributed by atoms with Gasteiger partial charge in [-0.3, -0.25) is 4.79 Å². The summed E-state index contributed by atoms with van der Waals surface area (Å²) in [5.41, 5.74) is 0.372. The summed E-state index contributed by atoms with van der Waals surface area (Å²) in [6, 6.07) is 0. The summed E-state index contributed by atoms with van der Waals surface area (Å²) in [7, 11) is 0. The largest absolute Gasteiger partial charge is 0.466 e. The highest BCUT2D eigenvalue weighted by atomic mass is 16.5. The van der Waals surface area contributed by atoms with Crippen molar-refractivity contribution in [1.82, 2.24) is 4.90 Å². The summed E-state index contributed by atoms with van der Waals surface area (Å²) in [6.07, 6.45) is 3.29. The highest BCUT2D eigenvalue weighted by Gasteiger charge is 2.27. The van der Waals surface area contributed by atoms with Crippen molar-refractivity contribution >= 4 is 5.97 Å². The molecule has 1 rings (SSSR count). The van der Waals surface area contributed by atoms with Gasteiger partial charge in [-0.2, -0.15) is 0 Å². The number of hydrogen-bond donors (Lipinski definition) is 0. The number of carbonyl (C=O) groups is 1. The molecule has 1 aliphatic heterocycles. The lowest BCUT2D eigenvalue weighted by atomic mass is 9.91. The molecule has 1 aliphatic rings. The molecular formula is C14H27NO2. The first-order chi connectivity index (χ1) is 7.92. The zero-order chi connectivity index (χ0) is 12.9. The Labute approximate surface area is 106 Å². The van der Waals surface area contributed by atoms with E-state index >= 15 is 0 Å². The molecule has 0 unspecified atom stereocenters. The average molecular weight is 241 g/mol. The van der Waals surface area contributed by atoms with Gasteiger partial charge in [0.25, 0.3) is 0 Å². The van der Waals surface area contributed by atoms with Gasteiger partial charge in [-0.15, -0.1) is 0 Å². The normalized spacial score (nSPS) is 22.5. The first kappa shape index (κ1) is 14.5. The SMILES string of the molecule is CCOC(=O)[C@H]1CCCN(CCC(C)(C)C)C1. The third-order valence-corrected chi connectivity index (χ3v) is 3.30. The van der Waals surface area contributed by atoms with E-state index in [1.807, 2.05) is 6.92 Å². The first-order valence-corrected chi connectivity index (χ1v) is 6.81. The van der Waals surface area contributed by atoms with Crippen LogP contribution in [-0.4, -0.2) is 37.1 Å². The molecular weight excluding hydrogens is 214 g/mol. The number of nitrogens with zero attached hydrogens (tertiary/aromatic N) is 1. The lowest BCUT2D eigenvalue weighted by molar-refractivity contribution is -0.149. The molecule has 3 heteroatoms. The molecule has 0 N–H and O–H groups in total. The fraction of sp³-hybridized carbons (Fsp3) is 0.929. The Bertz CT molecular complexity index is 245. The molecule has 0 saturated carbocycles. The molecule has 1 fully saturated rings. The lowest BCUT2D eigenvalue weighted by Gasteiger charge is -2.33. The molecule has 0 amide bonds. The standard InChI is InChI=1S/C14H27NO2/c1-5-17-13(16)12-7-6-9-15(11-12)10-8-14(2,3)4/h12H,5-11H2,1-4H3/t12-/m0/s1. The summed E-state index contributed by atoms with van der Waals surface area (Å²) in [5, 5.41) is 0. The second-order valence-electron chi connectivity index (χ2n) is 6.20. The summed E-state index contributed by atoms with van der Waals surface area (Å²) >= 11 is 0. The van der Waals surface area contributed by atoms with Crippen molar-refractivity contribution in [1.29, 1.82) is 0 Å². The van der Waals surface area contributed by atoms with Gasteiger partial charge >= 0.3 is 5.97 Å². The minimum atomic E-state index is -0.00652. The average Bonchev–Trinajstić information content (AvgIpc) is 2.26. The van der Waals surface area contributed by atoms with Gasteiger partial charge < -0.3 is 9.64 Å². The van der Waals surface area contributed by atoms with Crippen molar-refractivity contribution in [3.63, 3.8) is 0 Å². The van der Waals surface area contributed by atoms with E-state index in [9.17, 15) is 4.79 Å². The Morgan fingerprint density at radius 1 is 1.41 bits per heavy atom. The van der Waals surface area contributed by atoms with Crippen LogP contribution < -0.4 is 0 Å². The second kappa shape index (κ2) is 6.39. The van der Waals surface area contributed by atoms with E-state index in [1.165, 1.54) is 6.42 Å². The number of hydrogen-bond acceptors (Lipinski definition) is 3. The number of esters is 1. The lowest BCUT2D eigenvalue weighted by Crippen LogP contribution is -2.40. The molecule has 1 atom stereocenters. The maximum absolute atomic E-state index is 11.7. The molecule has 0 aliphatic carbocycles. The van der Waals surface area contributed by atoms with Crippen molar-refractivity contribution < 1.29 is 9.53 Å². The van der Waals surface area contributed by atoms with Crippen LogP contribution in [-0.2, 0) is 9.53 Å². The number of likely N-dealkylation sites (tertiary alicyclic amines) is 1. The molecule has 0 bridgehead atoms. The van der Waals surface area contributed by atoms with Crippen LogP contribution in [0.5, 0.6) is 0 Å². The zero-order valence-electron chi connectivity index (χ0n) is 11.8. The van der Waals surface area contributed by atoms with Gasteiger partial charge in [-0.05, 0) is 44.7 Å². The highest BCUT2D eigenvalue weighted by Crippen LogP contribution is 2.22. The summed E-state index contributed by atoms with van der Waals surface area (Å²) < 4.78 is 5.11. The molecule has 0 spiro atoms. The molecule has 1 saturated heterocycles. The van der Waals surface area contributed by atoms with Gasteiger partial charge in [-0.1, -0.05) is 20.8 Å². The van der Waals surface area contributed by atoms with Gasteiger partial charge in [-0.25, -0.2) is 0 Å². The predicted octanol–water partition coefficient (Wildman–Crippen LogP) is 2.70. The van der Waals surface area contributed by atoms with Crippen LogP contribution in [0.2, 0.25) is 0 Å². The number of rotatable bonds is 4. The fourth-order valence-electron chi connectivity index (χ4n) is 2.20. The summed E-state index contributed by atoms with van der Waals surface area (Å²) in [4.78, 5) is 14.1. The molecule has 0 aromatic heterocycles. The van der Waals surface area contributed by atoms with Gasteiger partial charge in [0.2, 0.25) is 0 Å². The smallest absolute Gasteiger partial charge is 0.310 e. The monoisotopic (exact) mass is 241 g/mol. The first-order valence-electron chi connectivity index (χ1n) is 6.81. The van der Waals surface area contributed by atoms with E-state index < -0.39 is 0 Å². The Morgan fingerprint density at radius 3 is 2.71 bits per heavy atom. The quantitative estimate of drug-likeness (QED) is 0.709. The minimum Gasteiger partial charge on any atom is -0.466 e. The molecule has 0 radical (unpaired) electrons. The van der Waals surface area contributed by atoms with Gasteiger partial charge in [0.1, 0.15) is 0 Å². The van der Waals surface area contributed by atoms with Crippen molar-refractivity contribution in [2.75, 3.05) is 26.2 Å². The van der Waals surface area contributed by atoms with Crippen LogP contribution in [0.4, 0.5) is 0 Å². The summed E-state index contributed by atoms with van der Waals surface area (Å²) in [5.74, 6) is 0.0941. The number of piperidine rings is 1. The third kappa shape index (κ3) is 5.53. The van der Waals surface area contributed by atoms with E-state index in [-0.39, 0.29) is 11.9 Å². The van der Waals surface area contributed by atoms with Crippen LogP contribution >= 0.6 is 0 Å². The van der Waals surface area contributed by atoms with Gasteiger partial charge in [0, 0.05) is 6.54 Å². The molecule has 1 heterocycles. The van der Waals surface area contributed by atoms with Crippen molar-refractivity contribution in [2.24, 2.45) is 11.3 Å². The van der Waals surface area contributed by atoms with E-state index in [2.05, 4.69) is 25.7 Å². The van der Waals surface area contributed by atoms with Crippen LogP contribution in [0.3, 0.4) is 0 Å². The van der Waals surface area contributed by atoms with E-state index in [0.717, 1.165) is 32.5 Å². The second-order valence-corrected chi connectivity index (χ2v) is 6.20. The zero-order valence-corrected chi connectivity index (χ0v) is 11.8.